The third-order valence-corrected chi connectivity index (χ3v) is 12.1. The first kappa shape index (κ1) is 28.5. The molecule has 5 unspecified atom stereocenters. The van der Waals surface area contributed by atoms with Crippen molar-refractivity contribution in [3.63, 3.8) is 0 Å². The molecule has 0 saturated heterocycles. The quantitative estimate of drug-likeness (QED) is 0.287. The number of hydrogen-bond acceptors (Lipinski definition) is 2. The van der Waals surface area contributed by atoms with E-state index in [4.69, 9.17) is 9.97 Å². The molecule has 40 heavy (non-hydrogen) atoms. The van der Waals surface area contributed by atoms with Crippen molar-refractivity contribution in [2.75, 3.05) is 6.16 Å². The number of aromatic nitrogens is 2. The average molecular weight is 571 g/mol. The lowest BCUT2D eigenvalue weighted by molar-refractivity contribution is -0.0522. The number of nitrogens with zero attached hydrogens (tertiary/aromatic N) is 2. The van der Waals surface area contributed by atoms with E-state index in [9.17, 15) is 0 Å². The fraction of sp³-hybridized carbons (Fsp3) is 0.556. The van der Waals surface area contributed by atoms with Crippen molar-refractivity contribution >= 4 is 18.5 Å². The van der Waals surface area contributed by atoms with Crippen LogP contribution in [-0.2, 0) is 21.4 Å². The summed E-state index contributed by atoms with van der Waals surface area (Å²) >= 11 is 0. The van der Waals surface area contributed by atoms with E-state index in [2.05, 4.69) is 96.4 Å². The summed E-state index contributed by atoms with van der Waals surface area (Å²) in [5.74, 6) is 3.28. The molecule has 2 aromatic heterocycles. The smallest absolute Gasteiger partial charge is 0.0936 e. The van der Waals surface area contributed by atoms with Crippen LogP contribution >= 0.6 is 18.5 Å². The van der Waals surface area contributed by atoms with Gasteiger partial charge in [-0.3, -0.25) is 9.97 Å². The molecule has 1 aromatic carbocycles. The van der Waals surface area contributed by atoms with Crippen LogP contribution in [0.5, 0.6) is 0 Å². The second-order valence-electron chi connectivity index (χ2n) is 15.3. The van der Waals surface area contributed by atoms with E-state index in [0.717, 1.165) is 29.1 Å². The fourth-order valence-electron chi connectivity index (χ4n) is 9.16. The summed E-state index contributed by atoms with van der Waals surface area (Å²) in [6.45, 7) is 14.3. The van der Waals surface area contributed by atoms with Gasteiger partial charge in [-0.2, -0.15) is 0 Å². The molecule has 2 nitrogen and oxygen atoms in total. The Hall–Kier alpha value is -1.62. The molecule has 3 aromatic rings. The number of hydrogen-bond donors (Lipinski definition) is 0. The van der Waals surface area contributed by atoms with Gasteiger partial charge in [0.2, 0.25) is 0 Å². The zero-order chi connectivity index (χ0) is 28.5. The second kappa shape index (κ2) is 9.99. The van der Waals surface area contributed by atoms with E-state index >= 15 is 0 Å². The highest BCUT2D eigenvalue weighted by Crippen LogP contribution is 2.66. The Balaban J connectivity index is 1.73. The van der Waals surface area contributed by atoms with Crippen LogP contribution in [0.4, 0.5) is 0 Å². The number of rotatable bonds is 5. The summed E-state index contributed by atoms with van der Waals surface area (Å²) in [4.78, 5) is 10.1. The minimum atomic E-state index is -0.539. The largest absolute Gasteiger partial charge is 0.260 e. The van der Waals surface area contributed by atoms with E-state index < -0.39 is 5.16 Å². The molecular weight excluding hydrogens is 522 g/mol. The van der Waals surface area contributed by atoms with Crippen LogP contribution < -0.4 is 0 Å². The van der Waals surface area contributed by atoms with Gasteiger partial charge in [-0.1, -0.05) is 65.8 Å². The summed E-state index contributed by atoms with van der Waals surface area (Å²) in [6, 6.07) is 18.0. The standard InChI is InChI=1S/C36H48N2P2/c1-33(2,3)26-18-28(35-20-23-15-24(21-35)17-25(16-23)30(35)22-39)29(19-27(26)34(4,5)6)36(40,31-11-7-9-13-37-31)32-12-8-10-14-38-32/h7-14,18-19,23-25,30H,15-17,20-22,39-40H2,1-6H3. The molecule has 0 radical (unpaired) electrons. The lowest BCUT2D eigenvalue weighted by Gasteiger charge is -2.62. The van der Waals surface area contributed by atoms with Crippen molar-refractivity contribution in [1.82, 2.24) is 9.97 Å². The average Bonchev–Trinajstić information content (AvgIpc) is 2.91. The molecule has 2 heterocycles. The van der Waals surface area contributed by atoms with Crippen LogP contribution in [0.3, 0.4) is 0 Å². The van der Waals surface area contributed by atoms with Gasteiger partial charge < -0.3 is 0 Å². The Morgan fingerprint density at radius 2 is 1.27 bits per heavy atom. The zero-order valence-corrected chi connectivity index (χ0v) is 27.7. The van der Waals surface area contributed by atoms with Crippen LogP contribution in [-0.4, -0.2) is 16.1 Å². The Kier molecular flexibility index (Phi) is 7.12. The Bertz CT molecular complexity index is 1320. The van der Waals surface area contributed by atoms with Crippen LogP contribution in [0.1, 0.15) is 107 Å². The molecule has 0 spiro atoms. The van der Waals surface area contributed by atoms with E-state index in [1.807, 2.05) is 24.5 Å². The summed E-state index contributed by atoms with van der Waals surface area (Å²) in [6.07, 6.45) is 12.0. The van der Waals surface area contributed by atoms with Gasteiger partial charge in [0.15, 0.2) is 0 Å². The van der Waals surface area contributed by atoms with Crippen molar-refractivity contribution in [3.8, 4) is 0 Å². The number of pyridine rings is 2. The van der Waals surface area contributed by atoms with Crippen molar-refractivity contribution in [3.05, 3.63) is 94.6 Å². The molecule has 0 aliphatic heterocycles. The molecule has 7 rings (SSSR count). The zero-order valence-electron chi connectivity index (χ0n) is 25.4. The molecule has 4 bridgehead atoms. The highest BCUT2D eigenvalue weighted by Gasteiger charge is 2.58. The van der Waals surface area contributed by atoms with E-state index in [1.165, 1.54) is 55.0 Å². The molecule has 4 fully saturated rings. The summed E-state index contributed by atoms with van der Waals surface area (Å²) in [7, 11) is 6.48. The number of benzene rings is 1. The molecule has 4 heteroatoms. The fourth-order valence-corrected chi connectivity index (χ4v) is 10.6. The highest BCUT2D eigenvalue weighted by molar-refractivity contribution is 7.19. The van der Waals surface area contributed by atoms with Crippen LogP contribution in [0, 0.1) is 23.7 Å². The lowest BCUT2D eigenvalue weighted by atomic mass is 9.43. The molecule has 4 aliphatic rings. The predicted octanol–water partition coefficient (Wildman–Crippen LogP) is 8.81. The maximum atomic E-state index is 5.03. The molecule has 4 saturated carbocycles. The molecule has 5 atom stereocenters. The van der Waals surface area contributed by atoms with Gasteiger partial charge in [-0.25, -0.2) is 0 Å². The highest BCUT2D eigenvalue weighted by atomic mass is 31.0. The van der Waals surface area contributed by atoms with Crippen molar-refractivity contribution < 1.29 is 0 Å². The third kappa shape index (κ3) is 4.52. The summed E-state index contributed by atoms with van der Waals surface area (Å²) in [5, 5.41) is -0.539. The van der Waals surface area contributed by atoms with Crippen molar-refractivity contribution in [1.29, 1.82) is 0 Å². The normalized spacial score (nSPS) is 28.2. The molecule has 0 N–H and O–H groups in total. The third-order valence-electron chi connectivity index (χ3n) is 10.7. The Labute approximate surface area is 247 Å². The first-order chi connectivity index (χ1) is 18.9. The first-order valence-corrected chi connectivity index (χ1v) is 16.8. The molecule has 212 valence electrons. The minimum Gasteiger partial charge on any atom is -0.260 e. The maximum Gasteiger partial charge on any atom is 0.0936 e. The molecular formula is C36H48N2P2. The SMILES string of the molecule is CC(C)(C)c1cc(C(P)(c2ccccn2)c2ccccn2)c(C23CC4CC(CC(C4)C2CP)C3)cc1C(C)(C)C. The first-order valence-electron chi connectivity index (χ1n) is 15.4. The predicted molar refractivity (Wildman–Crippen MR) is 175 cm³/mol. The van der Waals surface area contributed by atoms with E-state index in [-0.39, 0.29) is 16.2 Å². The van der Waals surface area contributed by atoms with E-state index in [1.54, 1.807) is 5.56 Å². The van der Waals surface area contributed by atoms with Gasteiger partial charge in [0, 0.05) is 12.4 Å². The Morgan fingerprint density at radius 1 is 0.750 bits per heavy atom. The van der Waals surface area contributed by atoms with Gasteiger partial charge in [-0.05, 0) is 125 Å². The van der Waals surface area contributed by atoms with Gasteiger partial charge in [-0.15, -0.1) is 18.5 Å². The lowest BCUT2D eigenvalue weighted by Crippen LogP contribution is -2.56. The Morgan fingerprint density at radius 3 is 1.73 bits per heavy atom. The van der Waals surface area contributed by atoms with Crippen LogP contribution in [0.25, 0.3) is 0 Å². The van der Waals surface area contributed by atoms with Crippen LogP contribution in [0.2, 0.25) is 0 Å². The minimum absolute atomic E-state index is 0.0111. The van der Waals surface area contributed by atoms with Gasteiger partial charge in [0.25, 0.3) is 0 Å². The van der Waals surface area contributed by atoms with Gasteiger partial charge in [0.05, 0.1) is 16.5 Å². The topological polar surface area (TPSA) is 25.8 Å². The molecule has 4 aliphatic carbocycles. The monoisotopic (exact) mass is 570 g/mol. The van der Waals surface area contributed by atoms with Gasteiger partial charge >= 0.3 is 0 Å². The summed E-state index contributed by atoms with van der Waals surface area (Å²) in [5.41, 5.74) is 8.31. The van der Waals surface area contributed by atoms with E-state index in [0.29, 0.717) is 5.92 Å². The van der Waals surface area contributed by atoms with Crippen LogP contribution in [0.15, 0.2) is 60.9 Å². The summed E-state index contributed by atoms with van der Waals surface area (Å²) < 4.78 is 0. The molecule has 0 amide bonds. The van der Waals surface area contributed by atoms with Gasteiger partial charge in [0.1, 0.15) is 0 Å². The van der Waals surface area contributed by atoms with Crippen molar-refractivity contribution in [2.45, 2.75) is 95.0 Å². The van der Waals surface area contributed by atoms with Crippen molar-refractivity contribution in [2.24, 2.45) is 23.7 Å². The maximum absolute atomic E-state index is 5.03. The second-order valence-corrected chi connectivity index (χ2v) is 16.6.